The van der Waals surface area contributed by atoms with E-state index in [1.165, 1.54) is 5.56 Å². The van der Waals surface area contributed by atoms with Gasteiger partial charge in [0.2, 0.25) is 0 Å². The molecule has 0 radical (unpaired) electrons. The van der Waals surface area contributed by atoms with Gasteiger partial charge in [0.1, 0.15) is 0 Å². The van der Waals surface area contributed by atoms with Crippen molar-refractivity contribution in [2.24, 2.45) is 0 Å². The standard InChI is InChI=1S/C16H20ClN3OS/c17-14-3-1-2-13(8-14)16(20-4-6-21-7-5-20)10-18-9-15-11-22-12-19-15/h1-3,8,11-12,16,18H,4-7,9-10H2. The van der Waals surface area contributed by atoms with E-state index in [-0.39, 0.29) is 0 Å². The van der Waals surface area contributed by atoms with Crippen LogP contribution in [0.2, 0.25) is 5.02 Å². The van der Waals surface area contributed by atoms with Crippen LogP contribution in [-0.2, 0) is 11.3 Å². The normalized spacial score (nSPS) is 17.5. The second kappa shape index (κ2) is 8.04. The average Bonchev–Trinajstić information content (AvgIpc) is 3.06. The van der Waals surface area contributed by atoms with Gasteiger partial charge in [-0.3, -0.25) is 4.90 Å². The van der Waals surface area contributed by atoms with Crippen molar-refractivity contribution >= 4 is 22.9 Å². The van der Waals surface area contributed by atoms with E-state index in [4.69, 9.17) is 16.3 Å². The van der Waals surface area contributed by atoms with Crippen LogP contribution in [-0.4, -0.2) is 42.7 Å². The zero-order chi connectivity index (χ0) is 15.2. The Bertz CT molecular complexity index is 573. The predicted molar refractivity (Wildman–Crippen MR) is 90.4 cm³/mol. The summed E-state index contributed by atoms with van der Waals surface area (Å²) < 4.78 is 5.48. The number of aromatic nitrogens is 1. The van der Waals surface area contributed by atoms with Crippen LogP contribution in [0.5, 0.6) is 0 Å². The molecule has 1 unspecified atom stereocenters. The van der Waals surface area contributed by atoms with Crippen LogP contribution in [0, 0.1) is 0 Å². The van der Waals surface area contributed by atoms with Crippen molar-refractivity contribution in [3.8, 4) is 0 Å². The fourth-order valence-electron chi connectivity index (χ4n) is 2.72. The minimum atomic E-state index is 0.307. The fourth-order valence-corrected chi connectivity index (χ4v) is 3.48. The summed E-state index contributed by atoms with van der Waals surface area (Å²) >= 11 is 7.80. The Morgan fingerprint density at radius 1 is 1.36 bits per heavy atom. The molecule has 0 spiro atoms. The minimum Gasteiger partial charge on any atom is -0.379 e. The third-order valence-electron chi connectivity index (χ3n) is 3.85. The Kier molecular flexibility index (Phi) is 5.81. The van der Waals surface area contributed by atoms with Crippen LogP contribution >= 0.6 is 22.9 Å². The van der Waals surface area contributed by atoms with Gasteiger partial charge < -0.3 is 10.1 Å². The first kappa shape index (κ1) is 15.9. The maximum atomic E-state index is 6.17. The van der Waals surface area contributed by atoms with Crippen molar-refractivity contribution in [2.75, 3.05) is 32.8 Å². The van der Waals surface area contributed by atoms with Crippen LogP contribution in [0.3, 0.4) is 0 Å². The largest absolute Gasteiger partial charge is 0.379 e. The highest BCUT2D eigenvalue weighted by Gasteiger charge is 2.22. The lowest BCUT2D eigenvalue weighted by Crippen LogP contribution is -2.42. The second-order valence-corrected chi connectivity index (χ2v) is 6.48. The molecular formula is C16H20ClN3OS. The van der Waals surface area contributed by atoms with Gasteiger partial charge in [-0.25, -0.2) is 4.98 Å². The zero-order valence-corrected chi connectivity index (χ0v) is 13.9. The van der Waals surface area contributed by atoms with Crippen molar-refractivity contribution in [2.45, 2.75) is 12.6 Å². The van der Waals surface area contributed by atoms with E-state index < -0.39 is 0 Å². The lowest BCUT2D eigenvalue weighted by atomic mass is 10.0. The molecule has 6 heteroatoms. The Labute approximate surface area is 140 Å². The number of hydrogen-bond donors (Lipinski definition) is 1. The molecule has 1 saturated heterocycles. The van der Waals surface area contributed by atoms with Crippen LogP contribution in [0.4, 0.5) is 0 Å². The summed E-state index contributed by atoms with van der Waals surface area (Å²) in [6.07, 6.45) is 0. The molecule has 1 N–H and O–H groups in total. The fraction of sp³-hybridized carbons (Fsp3) is 0.438. The predicted octanol–water partition coefficient (Wildman–Crippen LogP) is 2.96. The van der Waals surface area contributed by atoms with Crippen molar-refractivity contribution < 1.29 is 4.74 Å². The third kappa shape index (κ3) is 4.27. The van der Waals surface area contributed by atoms with Crippen molar-refractivity contribution in [1.82, 2.24) is 15.2 Å². The first-order chi connectivity index (χ1) is 10.8. The molecule has 22 heavy (non-hydrogen) atoms. The van der Waals surface area contributed by atoms with Crippen LogP contribution < -0.4 is 5.32 Å². The molecule has 1 fully saturated rings. The van der Waals surface area contributed by atoms with Crippen molar-refractivity contribution in [3.05, 3.63) is 51.4 Å². The molecule has 4 nitrogen and oxygen atoms in total. The number of rotatable bonds is 6. The molecule has 0 aliphatic carbocycles. The molecule has 1 aromatic heterocycles. The van der Waals surface area contributed by atoms with Crippen LogP contribution in [0.15, 0.2) is 35.2 Å². The van der Waals surface area contributed by atoms with E-state index in [1.807, 2.05) is 17.6 Å². The molecule has 2 aromatic rings. The summed E-state index contributed by atoms with van der Waals surface area (Å²) in [5.74, 6) is 0. The van der Waals surface area contributed by atoms with E-state index in [0.29, 0.717) is 6.04 Å². The van der Waals surface area contributed by atoms with Crippen LogP contribution in [0.1, 0.15) is 17.3 Å². The number of thiazole rings is 1. The Morgan fingerprint density at radius 2 is 2.23 bits per heavy atom. The maximum absolute atomic E-state index is 6.17. The summed E-state index contributed by atoms with van der Waals surface area (Å²) in [6, 6.07) is 8.46. The molecule has 1 aliphatic rings. The Balaban J connectivity index is 1.67. The number of nitrogens with one attached hydrogen (secondary N) is 1. The SMILES string of the molecule is Clc1cccc(C(CNCc2cscn2)N2CCOCC2)c1. The van der Waals surface area contributed by atoms with Gasteiger partial charge >= 0.3 is 0 Å². The van der Waals surface area contributed by atoms with E-state index in [9.17, 15) is 0 Å². The Morgan fingerprint density at radius 3 is 2.95 bits per heavy atom. The molecule has 1 aromatic carbocycles. The van der Waals surface area contributed by atoms with Gasteiger partial charge in [0, 0.05) is 42.6 Å². The first-order valence-corrected chi connectivity index (χ1v) is 8.80. The van der Waals surface area contributed by atoms with Gasteiger partial charge in [-0.2, -0.15) is 0 Å². The number of hydrogen-bond acceptors (Lipinski definition) is 5. The molecule has 118 valence electrons. The Hall–Kier alpha value is -0.980. The molecule has 2 heterocycles. The van der Waals surface area contributed by atoms with E-state index in [0.717, 1.165) is 50.1 Å². The number of nitrogens with zero attached hydrogens (tertiary/aromatic N) is 2. The molecular weight excluding hydrogens is 318 g/mol. The lowest BCUT2D eigenvalue weighted by molar-refractivity contribution is 0.0161. The van der Waals surface area contributed by atoms with Gasteiger partial charge in [0.25, 0.3) is 0 Å². The molecule has 3 rings (SSSR count). The first-order valence-electron chi connectivity index (χ1n) is 7.48. The molecule has 0 bridgehead atoms. The number of halogens is 1. The molecule has 0 saturated carbocycles. The number of benzene rings is 1. The summed E-state index contributed by atoms with van der Waals surface area (Å²) in [6.45, 7) is 5.17. The topological polar surface area (TPSA) is 37.4 Å². The third-order valence-corrected chi connectivity index (χ3v) is 4.72. The summed E-state index contributed by atoms with van der Waals surface area (Å²) in [4.78, 5) is 6.78. The average molecular weight is 338 g/mol. The molecule has 0 amide bonds. The van der Waals surface area contributed by atoms with E-state index >= 15 is 0 Å². The van der Waals surface area contributed by atoms with Crippen LogP contribution in [0.25, 0.3) is 0 Å². The van der Waals surface area contributed by atoms with Gasteiger partial charge in [-0.15, -0.1) is 11.3 Å². The lowest BCUT2D eigenvalue weighted by Gasteiger charge is -2.35. The smallest absolute Gasteiger partial charge is 0.0795 e. The molecule has 1 atom stereocenters. The highest BCUT2D eigenvalue weighted by molar-refractivity contribution is 7.07. The van der Waals surface area contributed by atoms with Crippen molar-refractivity contribution in [1.29, 1.82) is 0 Å². The molecule has 1 aliphatic heterocycles. The monoisotopic (exact) mass is 337 g/mol. The highest BCUT2D eigenvalue weighted by Crippen LogP contribution is 2.24. The van der Waals surface area contributed by atoms with Gasteiger partial charge in [0.15, 0.2) is 0 Å². The van der Waals surface area contributed by atoms with Crippen molar-refractivity contribution in [3.63, 3.8) is 0 Å². The number of morpholine rings is 1. The highest BCUT2D eigenvalue weighted by atomic mass is 35.5. The van der Waals surface area contributed by atoms with Gasteiger partial charge in [-0.05, 0) is 17.7 Å². The second-order valence-electron chi connectivity index (χ2n) is 5.33. The summed E-state index contributed by atoms with van der Waals surface area (Å²) in [5.41, 5.74) is 4.21. The number of ether oxygens (including phenoxy) is 1. The van der Waals surface area contributed by atoms with Gasteiger partial charge in [-0.1, -0.05) is 23.7 Å². The zero-order valence-electron chi connectivity index (χ0n) is 12.4. The van der Waals surface area contributed by atoms with E-state index in [1.54, 1.807) is 11.3 Å². The van der Waals surface area contributed by atoms with Gasteiger partial charge in [0.05, 0.1) is 24.4 Å². The quantitative estimate of drug-likeness (QED) is 0.879. The summed E-state index contributed by atoms with van der Waals surface area (Å²) in [7, 11) is 0. The summed E-state index contributed by atoms with van der Waals surface area (Å²) in [5, 5.41) is 6.39. The minimum absolute atomic E-state index is 0.307. The van der Waals surface area contributed by atoms with E-state index in [2.05, 4.69) is 32.7 Å². The maximum Gasteiger partial charge on any atom is 0.0795 e.